The molecule has 4 aromatic carbocycles. The van der Waals surface area contributed by atoms with E-state index in [1.807, 2.05) is 37.3 Å². The monoisotopic (exact) mass is 670 g/mol. The van der Waals surface area contributed by atoms with Gasteiger partial charge >= 0.3 is 0 Å². The van der Waals surface area contributed by atoms with Gasteiger partial charge in [-0.2, -0.15) is 9.78 Å². The van der Waals surface area contributed by atoms with E-state index in [0.29, 0.717) is 56.6 Å². The van der Waals surface area contributed by atoms with E-state index < -0.39 is 0 Å². The smallest absolute Gasteiger partial charge is 0.282 e. The van der Waals surface area contributed by atoms with E-state index in [9.17, 15) is 9.59 Å². The molecule has 11 heteroatoms. The fourth-order valence-electron chi connectivity index (χ4n) is 4.51. The van der Waals surface area contributed by atoms with Crippen LogP contribution >= 0.6 is 27.5 Å². The quantitative estimate of drug-likeness (QED) is 0.159. The molecule has 44 heavy (non-hydrogen) atoms. The summed E-state index contributed by atoms with van der Waals surface area (Å²) in [5, 5.41) is 9.13. The zero-order valence-electron chi connectivity index (χ0n) is 23.3. The van der Waals surface area contributed by atoms with Crippen molar-refractivity contribution in [2.75, 3.05) is 18.5 Å². The first-order chi connectivity index (χ1) is 21.4. The van der Waals surface area contributed by atoms with Gasteiger partial charge in [-0.15, -0.1) is 0 Å². The molecule has 0 aliphatic heterocycles. The SMILES string of the molecule is CCOc1cc(C=Nn2c(-c3cc4cc(Br)ccc4o3)nc3ccccc3c2=O)ccc1OCC(=O)Nc1ccc(Cl)cc1. The summed E-state index contributed by atoms with van der Waals surface area (Å²) in [6.45, 7) is 1.98. The molecule has 0 fully saturated rings. The second kappa shape index (κ2) is 12.7. The highest BCUT2D eigenvalue weighted by Crippen LogP contribution is 2.30. The van der Waals surface area contributed by atoms with E-state index in [0.717, 1.165) is 9.86 Å². The van der Waals surface area contributed by atoms with Gasteiger partial charge in [0.05, 0.1) is 23.7 Å². The van der Waals surface area contributed by atoms with Gasteiger partial charge in [-0.1, -0.05) is 39.7 Å². The first kappa shape index (κ1) is 29.2. The number of halogens is 2. The number of benzene rings is 4. The lowest BCUT2D eigenvalue weighted by atomic mass is 10.2. The van der Waals surface area contributed by atoms with E-state index in [4.69, 9.17) is 30.5 Å². The standard InChI is InChI=1S/C33H24BrClN4O5/c1-2-42-29-15-20(7-13-28(29)43-19-31(40)37-24-11-9-23(35)10-12-24)18-36-39-32(38-26-6-4-3-5-25(26)33(39)41)30-17-21-16-22(34)8-14-27(21)44-30/h3-18H,2,19H2,1H3,(H,37,40). The molecule has 0 spiro atoms. The summed E-state index contributed by atoms with van der Waals surface area (Å²) in [6, 6.07) is 26.5. The van der Waals surface area contributed by atoms with E-state index in [-0.39, 0.29) is 23.9 Å². The number of hydrogen-bond donors (Lipinski definition) is 1. The van der Waals surface area contributed by atoms with Gasteiger partial charge in [0.25, 0.3) is 11.5 Å². The zero-order chi connectivity index (χ0) is 30.6. The Bertz CT molecular complexity index is 2090. The van der Waals surface area contributed by atoms with Crippen molar-refractivity contribution in [3.63, 3.8) is 0 Å². The number of nitrogens with one attached hydrogen (secondary N) is 1. The molecular formula is C33H24BrClN4O5. The Balaban J connectivity index is 1.30. The van der Waals surface area contributed by atoms with Crippen LogP contribution in [-0.2, 0) is 4.79 Å². The Morgan fingerprint density at radius 1 is 1.02 bits per heavy atom. The van der Waals surface area contributed by atoms with Crippen LogP contribution in [0.1, 0.15) is 12.5 Å². The van der Waals surface area contributed by atoms with Crippen LogP contribution in [0.25, 0.3) is 33.5 Å². The molecule has 0 unspecified atom stereocenters. The van der Waals surface area contributed by atoms with E-state index in [2.05, 4.69) is 26.3 Å². The molecule has 1 amide bonds. The van der Waals surface area contributed by atoms with Crippen LogP contribution in [-0.4, -0.2) is 35.0 Å². The third-order valence-corrected chi connectivity index (χ3v) is 7.27. The van der Waals surface area contributed by atoms with Crippen molar-refractivity contribution in [3.8, 4) is 23.1 Å². The normalized spacial score (nSPS) is 11.3. The fourth-order valence-corrected chi connectivity index (χ4v) is 5.01. The Kier molecular flexibility index (Phi) is 8.44. The molecule has 220 valence electrons. The third-order valence-electron chi connectivity index (χ3n) is 6.53. The Labute approximate surface area is 264 Å². The number of fused-ring (bicyclic) bond motifs is 2. The highest BCUT2D eigenvalue weighted by atomic mass is 79.9. The molecule has 2 aromatic heterocycles. The summed E-state index contributed by atoms with van der Waals surface area (Å²) in [5.74, 6) is 1.12. The van der Waals surface area contributed by atoms with Crippen molar-refractivity contribution in [2.24, 2.45) is 5.10 Å². The van der Waals surface area contributed by atoms with Crippen LogP contribution in [0.15, 0.2) is 110 Å². The Hall–Kier alpha value is -4.93. The third kappa shape index (κ3) is 6.36. The number of hydrogen-bond acceptors (Lipinski definition) is 7. The summed E-state index contributed by atoms with van der Waals surface area (Å²) in [5.41, 5.74) is 2.07. The predicted molar refractivity (Wildman–Crippen MR) is 175 cm³/mol. The highest BCUT2D eigenvalue weighted by molar-refractivity contribution is 9.10. The van der Waals surface area contributed by atoms with Crippen molar-refractivity contribution in [1.29, 1.82) is 0 Å². The average molecular weight is 672 g/mol. The maximum absolute atomic E-state index is 13.6. The number of amides is 1. The average Bonchev–Trinajstić information content (AvgIpc) is 3.44. The predicted octanol–water partition coefficient (Wildman–Crippen LogP) is 7.52. The van der Waals surface area contributed by atoms with Gasteiger partial charge in [0, 0.05) is 20.6 Å². The lowest BCUT2D eigenvalue weighted by Gasteiger charge is -2.13. The number of rotatable bonds is 9. The molecule has 0 radical (unpaired) electrons. The molecule has 6 aromatic rings. The minimum absolute atomic E-state index is 0.230. The Morgan fingerprint density at radius 3 is 2.66 bits per heavy atom. The molecule has 0 aliphatic carbocycles. The molecule has 0 saturated heterocycles. The van der Waals surface area contributed by atoms with Gasteiger partial charge in [0.1, 0.15) is 5.58 Å². The number of aromatic nitrogens is 2. The van der Waals surface area contributed by atoms with Gasteiger partial charge in [-0.25, -0.2) is 4.98 Å². The van der Waals surface area contributed by atoms with E-state index in [1.54, 1.807) is 60.7 Å². The van der Waals surface area contributed by atoms with Gasteiger partial charge in [-0.05, 0) is 91.3 Å². The largest absolute Gasteiger partial charge is 0.490 e. The van der Waals surface area contributed by atoms with Gasteiger partial charge in [0.2, 0.25) is 5.82 Å². The molecule has 0 atom stereocenters. The van der Waals surface area contributed by atoms with Crippen LogP contribution in [0.2, 0.25) is 5.02 Å². The Morgan fingerprint density at radius 2 is 1.84 bits per heavy atom. The highest BCUT2D eigenvalue weighted by Gasteiger charge is 2.17. The van der Waals surface area contributed by atoms with E-state index >= 15 is 0 Å². The topological polar surface area (TPSA) is 108 Å². The summed E-state index contributed by atoms with van der Waals surface area (Å²) in [7, 11) is 0. The maximum atomic E-state index is 13.6. The number of carbonyl (C=O) groups excluding carboxylic acids is 1. The van der Waals surface area contributed by atoms with Gasteiger partial charge in [-0.3, -0.25) is 9.59 Å². The minimum atomic E-state index is -0.347. The van der Waals surface area contributed by atoms with Crippen molar-refractivity contribution >= 4 is 67.2 Å². The van der Waals surface area contributed by atoms with Gasteiger partial charge in [0.15, 0.2) is 23.9 Å². The molecule has 1 N–H and O–H groups in total. The first-order valence-electron chi connectivity index (χ1n) is 13.6. The number of para-hydroxylation sites is 1. The zero-order valence-corrected chi connectivity index (χ0v) is 25.6. The molecule has 2 heterocycles. The molecule has 9 nitrogen and oxygen atoms in total. The molecule has 6 rings (SSSR count). The van der Waals surface area contributed by atoms with Crippen molar-refractivity contribution < 1.29 is 18.7 Å². The number of ether oxygens (including phenoxy) is 2. The van der Waals surface area contributed by atoms with Crippen molar-refractivity contribution in [2.45, 2.75) is 6.92 Å². The first-order valence-corrected chi connectivity index (χ1v) is 14.8. The van der Waals surface area contributed by atoms with Crippen LogP contribution in [0, 0.1) is 0 Å². The lowest BCUT2D eigenvalue weighted by molar-refractivity contribution is -0.118. The summed E-state index contributed by atoms with van der Waals surface area (Å²) in [6.07, 6.45) is 1.53. The van der Waals surface area contributed by atoms with Gasteiger partial charge < -0.3 is 19.2 Å². The molecular weight excluding hydrogens is 648 g/mol. The minimum Gasteiger partial charge on any atom is -0.490 e. The number of nitrogens with zero attached hydrogens (tertiary/aromatic N) is 3. The molecule has 0 bridgehead atoms. The summed E-state index contributed by atoms with van der Waals surface area (Å²) >= 11 is 9.39. The van der Waals surface area contributed by atoms with Crippen LogP contribution in [0.3, 0.4) is 0 Å². The van der Waals surface area contributed by atoms with Crippen LogP contribution in [0.5, 0.6) is 11.5 Å². The number of furan rings is 1. The van der Waals surface area contributed by atoms with E-state index in [1.165, 1.54) is 10.9 Å². The van der Waals surface area contributed by atoms with Crippen molar-refractivity contribution in [3.05, 3.63) is 116 Å². The molecule has 0 saturated carbocycles. The number of anilines is 1. The summed E-state index contributed by atoms with van der Waals surface area (Å²) in [4.78, 5) is 30.8. The second-order valence-corrected chi connectivity index (χ2v) is 10.9. The fraction of sp³-hybridized carbons (Fsp3) is 0.0909. The summed E-state index contributed by atoms with van der Waals surface area (Å²) < 4.78 is 19.7. The maximum Gasteiger partial charge on any atom is 0.282 e. The molecule has 0 aliphatic rings. The lowest BCUT2D eigenvalue weighted by Crippen LogP contribution is -2.20. The van der Waals surface area contributed by atoms with Crippen molar-refractivity contribution in [1.82, 2.24) is 9.66 Å². The van der Waals surface area contributed by atoms with Crippen LogP contribution in [0.4, 0.5) is 5.69 Å². The number of carbonyl (C=O) groups is 1. The van der Waals surface area contributed by atoms with Crippen LogP contribution < -0.4 is 20.3 Å². The second-order valence-electron chi connectivity index (χ2n) is 9.59.